The SMILES string of the molecule is O=C1CN(C=Cc2ccccc2)C(=O)N1CN1CCN(c2ccc(C(F)(F)F)cc2[N+](=O)[O-])CC1. The van der Waals surface area contributed by atoms with Gasteiger partial charge in [0.05, 0.1) is 17.2 Å². The average molecular weight is 489 g/mol. The van der Waals surface area contributed by atoms with Crippen LogP contribution in [-0.4, -0.2) is 71.0 Å². The van der Waals surface area contributed by atoms with Gasteiger partial charge in [0.25, 0.3) is 11.6 Å². The number of rotatable bonds is 6. The number of amides is 3. The Kier molecular flexibility index (Phi) is 6.74. The van der Waals surface area contributed by atoms with E-state index in [4.69, 9.17) is 0 Å². The van der Waals surface area contributed by atoms with Gasteiger partial charge in [0.15, 0.2) is 0 Å². The highest BCUT2D eigenvalue weighted by molar-refractivity contribution is 6.02. The number of hydrogen-bond acceptors (Lipinski definition) is 6. The molecular weight excluding hydrogens is 467 g/mol. The Morgan fingerprint density at radius 2 is 1.69 bits per heavy atom. The van der Waals surface area contributed by atoms with Crippen LogP contribution in [0.3, 0.4) is 0 Å². The predicted octanol–water partition coefficient (Wildman–Crippen LogP) is 3.63. The molecule has 9 nitrogen and oxygen atoms in total. The molecule has 0 N–H and O–H groups in total. The quantitative estimate of drug-likeness (QED) is 0.350. The molecular formula is C23H22F3N5O4. The summed E-state index contributed by atoms with van der Waals surface area (Å²) in [4.78, 5) is 41.7. The third-order valence-electron chi connectivity index (χ3n) is 5.88. The molecule has 0 aliphatic carbocycles. The van der Waals surface area contributed by atoms with Crippen LogP contribution in [0.25, 0.3) is 6.08 Å². The molecule has 3 amide bonds. The molecule has 0 bridgehead atoms. The Hall–Kier alpha value is -3.93. The van der Waals surface area contributed by atoms with Gasteiger partial charge >= 0.3 is 12.2 Å². The average Bonchev–Trinajstić information content (AvgIpc) is 3.10. The van der Waals surface area contributed by atoms with Crippen LogP contribution in [0, 0.1) is 10.1 Å². The fraction of sp³-hybridized carbons (Fsp3) is 0.304. The van der Waals surface area contributed by atoms with Gasteiger partial charge in [-0.3, -0.25) is 24.7 Å². The van der Waals surface area contributed by atoms with Crippen LogP contribution in [0.4, 0.5) is 29.3 Å². The molecule has 2 aliphatic heterocycles. The zero-order chi connectivity index (χ0) is 25.2. The van der Waals surface area contributed by atoms with Crippen molar-refractivity contribution in [3.8, 4) is 0 Å². The zero-order valence-corrected chi connectivity index (χ0v) is 18.5. The number of nitro benzene ring substituents is 1. The topological polar surface area (TPSA) is 90.2 Å². The van der Waals surface area contributed by atoms with Crippen molar-refractivity contribution in [2.75, 3.05) is 44.3 Å². The Morgan fingerprint density at radius 1 is 1.00 bits per heavy atom. The zero-order valence-electron chi connectivity index (χ0n) is 18.5. The van der Waals surface area contributed by atoms with E-state index in [1.54, 1.807) is 17.2 Å². The van der Waals surface area contributed by atoms with Crippen LogP contribution in [0.2, 0.25) is 0 Å². The molecule has 0 unspecified atom stereocenters. The molecule has 0 saturated carbocycles. The van der Waals surface area contributed by atoms with E-state index in [0.717, 1.165) is 22.6 Å². The maximum absolute atomic E-state index is 13.0. The number of alkyl halides is 3. The second-order valence-corrected chi connectivity index (χ2v) is 8.16. The Balaban J connectivity index is 1.37. The lowest BCUT2D eigenvalue weighted by Gasteiger charge is -2.37. The summed E-state index contributed by atoms with van der Waals surface area (Å²) in [5.74, 6) is -0.339. The summed E-state index contributed by atoms with van der Waals surface area (Å²) in [5.41, 5.74) is -0.699. The minimum atomic E-state index is -4.68. The number of benzene rings is 2. The van der Waals surface area contributed by atoms with Crippen molar-refractivity contribution < 1.29 is 27.7 Å². The number of carbonyl (C=O) groups excluding carboxylic acids is 2. The summed E-state index contributed by atoms with van der Waals surface area (Å²) in [7, 11) is 0. The van der Waals surface area contributed by atoms with Gasteiger partial charge in [-0.15, -0.1) is 0 Å². The molecule has 0 radical (unpaired) electrons. The highest BCUT2D eigenvalue weighted by Crippen LogP contribution is 2.36. The van der Waals surface area contributed by atoms with Gasteiger partial charge in [0, 0.05) is 38.4 Å². The summed E-state index contributed by atoms with van der Waals surface area (Å²) in [6, 6.07) is 11.4. The number of hydrogen-bond donors (Lipinski definition) is 0. The standard InChI is InChI=1S/C23H22F3N5O4/c24-23(25,26)18-6-7-19(20(14-18)31(34)35)28-12-10-27(11-13-28)16-30-21(32)15-29(22(30)33)9-8-17-4-2-1-3-5-17/h1-9,14H,10-13,15-16H2. The first kappa shape index (κ1) is 24.2. The van der Waals surface area contributed by atoms with Crippen LogP contribution >= 0.6 is 0 Å². The Bertz CT molecular complexity index is 1150. The van der Waals surface area contributed by atoms with Gasteiger partial charge in [-0.05, 0) is 23.8 Å². The van der Waals surface area contributed by atoms with E-state index < -0.39 is 28.4 Å². The number of nitrogens with zero attached hydrogens (tertiary/aromatic N) is 5. The van der Waals surface area contributed by atoms with Gasteiger partial charge in [0.1, 0.15) is 12.2 Å². The highest BCUT2D eigenvalue weighted by atomic mass is 19.4. The van der Waals surface area contributed by atoms with Gasteiger partial charge in [0.2, 0.25) is 0 Å². The lowest BCUT2D eigenvalue weighted by molar-refractivity contribution is -0.384. The maximum Gasteiger partial charge on any atom is 0.416 e. The van der Waals surface area contributed by atoms with E-state index in [2.05, 4.69) is 0 Å². The molecule has 0 atom stereocenters. The number of halogens is 3. The number of piperazine rings is 1. The van der Waals surface area contributed by atoms with Crippen LogP contribution in [0.1, 0.15) is 11.1 Å². The molecule has 0 aromatic heterocycles. The lowest BCUT2D eigenvalue weighted by Crippen LogP contribution is -2.51. The molecule has 4 rings (SSSR count). The molecule has 2 aromatic rings. The molecule has 12 heteroatoms. The smallest absolute Gasteiger partial charge is 0.363 e. The summed E-state index contributed by atoms with van der Waals surface area (Å²) >= 11 is 0. The summed E-state index contributed by atoms with van der Waals surface area (Å²) < 4.78 is 38.9. The van der Waals surface area contributed by atoms with E-state index in [0.29, 0.717) is 32.2 Å². The minimum absolute atomic E-state index is 0.0658. The van der Waals surface area contributed by atoms with Crippen molar-refractivity contribution in [3.05, 3.63) is 76.0 Å². The second kappa shape index (κ2) is 9.74. The van der Waals surface area contributed by atoms with Crippen molar-refractivity contribution in [2.45, 2.75) is 6.18 Å². The van der Waals surface area contributed by atoms with Crippen molar-refractivity contribution in [1.82, 2.24) is 14.7 Å². The fourth-order valence-corrected chi connectivity index (χ4v) is 4.00. The normalized spacial score (nSPS) is 17.6. The Labute approximate surface area is 198 Å². The van der Waals surface area contributed by atoms with E-state index in [9.17, 15) is 32.9 Å². The highest BCUT2D eigenvalue weighted by Gasteiger charge is 2.37. The molecule has 184 valence electrons. The molecule has 0 spiro atoms. The summed E-state index contributed by atoms with van der Waals surface area (Å²) in [6.45, 7) is 1.32. The van der Waals surface area contributed by atoms with Gasteiger partial charge in [-0.1, -0.05) is 30.3 Å². The minimum Gasteiger partial charge on any atom is -0.363 e. The van der Waals surface area contributed by atoms with Crippen LogP contribution in [-0.2, 0) is 11.0 Å². The maximum atomic E-state index is 13.0. The summed E-state index contributed by atoms with van der Waals surface area (Å²) in [5, 5.41) is 11.4. The number of anilines is 1. The van der Waals surface area contributed by atoms with E-state index in [-0.39, 0.29) is 24.8 Å². The third kappa shape index (κ3) is 5.43. The third-order valence-corrected chi connectivity index (χ3v) is 5.88. The first-order valence-corrected chi connectivity index (χ1v) is 10.8. The molecule has 35 heavy (non-hydrogen) atoms. The number of carbonyl (C=O) groups is 2. The predicted molar refractivity (Wildman–Crippen MR) is 121 cm³/mol. The largest absolute Gasteiger partial charge is 0.416 e. The van der Waals surface area contributed by atoms with E-state index >= 15 is 0 Å². The molecule has 2 aliphatic rings. The molecule has 2 saturated heterocycles. The van der Waals surface area contributed by atoms with E-state index in [1.807, 2.05) is 35.2 Å². The van der Waals surface area contributed by atoms with Crippen molar-refractivity contribution >= 4 is 29.4 Å². The summed E-state index contributed by atoms with van der Waals surface area (Å²) in [6.07, 6.45) is -1.37. The molecule has 2 fully saturated rings. The van der Waals surface area contributed by atoms with Crippen LogP contribution in [0.5, 0.6) is 0 Å². The second-order valence-electron chi connectivity index (χ2n) is 8.16. The molecule has 2 aromatic carbocycles. The van der Waals surface area contributed by atoms with Crippen LogP contribution < -0.4 is 4.90 Å². The van der Waals surface area contributed by atoms with Crippen LogP contribution in [0.15, 0.2) is 54.7 Å². The number of urea groups is 1. The fourth-order valence-electron chi connectivity index (χ4n) is 4.00. The van der Waals surface area contributed by atoms with Crippen molar-refractivity contribution in [1.29, 1.82) is 0 Å². The van der Waals surface area contributed by atoms with Gasteiger partial charge in [-0.2, -0.15) is 13.2 Å². The van der Waals surface area contributed by atoms with Crippen molar-refractivity contribution in [3.63, 3.8) is 0 Å². The first-order chi connectivity index (χ1) is 16.6. The van der Waals surface area contributed by atoms with Crippen molar-refractivity contribution in [2.24, 2.45) is 0 Å². The first-order valence-electron chi connectivity index (χ1n) is 10.8. The number of imide groups is 1. The molecule has 2 heterocycles. The Morgan fingerprint density at radius 3 is 2.31 bits per heavy atom. The lowest BCUT2D eigenvalue weighted by atomic mass is 10.1. The monoisotopic (exact) mass is 489 g/mol. The van der Waals surface area contributed by atoms with Gasteiger partial charge in [-0.25, -0.2) is 9.69 Å². The number of nitro groups is 1. The van der Waals surface area contributed by atoms with E-state index in [1.165, 1.54) is 4.90 Å². The van der Waals surface area contributed by atoms with Gasteiger partial charge < -0.3 is 4.90 Å².